The number of ether oxygens (including phenoxy) is 2. The number of nitrogens with zero attached hydrogens (tertiary/aromatic N) is 2. The van der Waals surface area contributed by atoms with Crippen LogP contribution in [0.5, 0.6) is 11.5 Å². The standard InChI is InChI=1S/C22H23ClN2O3/c1-26-17-8-9-18(20(12-17)27-2)19-7-4-10-25(19)14-22-24-13-21(28-22)15-5-3-6-16(23)11-15/h3,5-6,8-9,11-13,19H,4,7,10,14H2,1-2H3/t19-/m0/s1. The average Bonchev–Trinajstić information content (AvgIpc) is 3.37. The molecular formula is C22H23ClN2O3. The molecule has 1 aliphatic heterocycles. The minimum Gasteiger partial charge on any atom is -0.497 e. The van der Waals surface area contributed by atoms with Crippen molar-refractivity contribution >= 4 is 11.6 Å². The summed E-state index contributed by atoms with van der Waals surface area (Å²) in [7, 11) is 3.36. The van der Waals surface area contributed by atoms with Gasteiger partial charge < -0.3 is 13.9 Å². The van der Waals surface area contributed by atoms with Crippen molar-refractivity contribution in [1.82, 2.24) is 9.88 Å². The summed E-state index contributed by atoms with van der Waals surface area (Å²) >= 11 is 6.09. The normalized spacial score (nSPS) is 17.0. The summed E-state index contributed by atoms with van der Waals surface area (Å²) in [5, 5.41) is 0.682. The molecule has 6 heteroatoms. The highest BCUT2D eigenvalue weighted by molar-refractivity contribution is 6.30. The number of oxazole rings is 1. The van der Waals surface area contributed by atoms with Crippen molar-refractivity contribution in [2.24, 2.45) is 0 Å². The van der Waals surface area contributed by atoms with Crippen LogP contribution in [0, 0.1) is 0 Å². The van der Waals surface area contributed by atoms with Gasteiger partial charge in [-0.15, -0.1) is 0 Å². The number of likely N-dealkylation sites (tertiary alicyclic amines) is 1. The van der Waals surface area contributed by atoms with Gasteiger partial charge in [-0.05, 0) is 37.6 Å². The molecule has 146 valence electrons. The van der Waals surface area contributed by atoms with Crippen molar-refractivity contribution in [2.45, 2.75) is 25.4 Å². The molecule has 0 bridgehead atoms. The predicted molar refractivity (Wildman–Crippen MR) is 109 cm³/mol. The Morgan fingerprint density at radius 1 is 1.18 bits per heavy atom. The first-order valence-corrected chi connectivity index (χ1v) is 9.72. The van der Waals surface area contributed by atoms with Crippen molar-refractivity contribution in [1.29, 1.82) is 0 Å². The van der Waals surface area contributed by atoms with Crippen LogP contribution in [0.2, 0.25) is 5.02 Å². The fraction of sp³-hybridized carbons (Fsp3) is 0.318. The van der Waals surface area contributed by atoms with Crippen LogP contribution >= 0.6 is 11.6 Å². The molecule has 2 aromatic carbocycles. The van der Waals surface area contributed by atoms with E-state index in [2.05, 4.69) is 16.0 Å². The summed E-state index contributed by atoms with van der Waals surface area (Å²) in [6, 6.07) is 13.9. The third kappa shape index (κ3) is 3.86. The van der Waals surface area contributed by atoms with E-state index in [1.165, 1.54) is 5.56 Å². The third-order valence-electron chi connectivity index (χ3n) is 5.16. The number of methoxy groups -OCH3 is 2. The fourth-order valence-corrected chi connectivity index (χ4v) is 3.98. The highest BCUT2D eigenvalue weighted by Gasteiger charge is 2.29. The Morgan fingerprint density at radius 3 is 2.86 bits per heavy atom. The molecule has 1 aliphatic rings. The lowest BCUT2D eigenvalue weighted by molar-refractivity contribution is 0.220. The van der Waals surface area contributed by atoms with Gasteiger partial charge in [0.1, 0.15) is 11.5 Å². The molecule has 0 saturated carbocycles. The van der Waals surface area contributed by atoms with Crippen LogP contribution in [0.3, 0.4) is 0 Å². The van der Waals surface area contributed by atoms with E-state index in [0.29, 0.717) is 17.5 Å². The van der Waals surface area contributed by atoms with E-state index >= 15 is 0 Å². The number of hydrogen-bond donors (Lipinski definition) is 0. The van der Waals surface area contributed by atoms with Crippen LogP contribution in [0.25, 0.3) is 11.3 Å². The topological polar surface area (TPSA) is 47.7 Å². The molecule has 1 aromatic heterocycles. The predicted octanol–water partition coefficient (Wildman–Crippen LogP) is 5.35. The first-order chi connectivity index (χ1) is 13.7. The monoisotopic (exact) mass is 398 g/mol. The van der Waals surface area contributed by atoms with E-state index in [4.69, 9.17) is 25.5 Å². The molecule has 4 rings (SSSR count). The van der Waals surface area contributed by atoms with Crippen molar-refractivity contribution in [3.8, 4) is 22.8 Å². The summed E-state index contributed by atoms with van der Waals surface area (Å²) in [6.07, 6.45) is 3.96. The van der Waals surface area contributed by atoms with E-state index in [1.54, 1.807) is 20.4 Å². The Hall–Kier alpha value is -2.50. The maximum atomic E-state index is 6.09. The molecule has 5 nitrogen and oxygen atoms in total. The Labute approximate surface area is 169 Å². The highest BCUT2D eigenvalue weighted by Crippen LogP contribution is 2.39. The first kappa shape index (κ1) is 18.8. The Balaban J connectivity index is 1.54. The fourth-order valence-electron chi connectivity index (χ4n) is 3.79. The minimum atomic E-state index is 0.266. The van der Waals surface area contributed by atoms with Gasteiger partial charge in [-0.25, -0.2) is 4.98 Å². The summed E-state index contributed by atoms with van der Waals surface area (Å²) in [6.45, 7) is 1.65. The molecule has 1 fully saturated rings. The minimum absolute atomic E-state index is 0.266. The number of hydrogen-bond acceptors (Lipinski definition) is 5. The van der Waals surface area contributed by atoms with Crippen LogP contribution in [0.4, 0.5) is 0 Å². The smallest absolute Gasteiger partial charge is 0.209 e. The molecular weight excluding hydrogens is 376 g/mol. The van der Waals surface area contributed by atoms with Gasteiger partial charge in [-0.1, -0.05) is 29.8 Å². The van der Waals surface area contributed by atoms with E-state index in [1.807, 2.05) is 36.4 Å². The maximum Gasteiger partial charge on any atom is 0.209 e. The molecule has 1 atom stereocenters. The van der Waals surface area contributed by atoms with Gasteiger partial charge in [-0.3, -0.25) is 4.90 Å². The molecule has 0 spiro atoms. The zero-order valence-electron chi connectivity index (χ0n) is 16.0. The lowest BCUT2D eigenvalue weighted by Gasteiger charge is -2.25. The van der Waals surface area contributed by atoms with Crippen molar-refractivity contribution in [3.63, 3.8) is 0 Å². The first-order valence-electron chi connectivity index (χ1n) is 9.34. The zero-order chi connectivity index (χ0) is 19.5. The second-order valence-corrected chi connectivity index (χ2v) is 7.30. The lowest BCUT2D eigenvalue weighted by Crippen LogP contribution is -2.23. The summed E-state index contributed by atoms with van der Waals surface area (Å²) in [4.78, 5) is 6.87. The molecule has 0 radical (unpaired) electrons. The summed E-state index contributed by atoms with van der Waals surface area (Å²) in [5.41, 5.74) is 2.10. The number of halogens is 1. The average molecular weight is 399 g/mol. The third-order valence-corrected chi connectivity index (χ3v) is 5.40. The Bertz CT molecular complexity index is 956. The molecule has 28 heavy (non-hydrogen) atoms. The Kier molecular flexibility index (Phi) is 5.55. The molecule has 0 aliphatic carbocycles. The second kappa shape index (κ2) is 8.25. The van der Waals surface area contributed by atoms with E-state index in [-0.39, 0.29) is 6.04 Å². The number of aromatic nitrogens is 1. The molecule has 0 amide bonds. The van der Waals surface area contributed by atoms with E-state index in [9.17, 15) is 0 Å². The summed E-state index contributed by atoms with van der Waals surface area (Å²) in [5.74, 6) is 3.08. The van der Waals surface area contributed by atoms with Crippen LogP contribution in [-0.4, -0.2) is 30.6 Å². The molecule has 0 N–H and O–H groups in total. The SMILES string of the molecule is COc1ccc([C@@H]2CCCN2Cc2ncc(-c3cccc(Cl)c3)o2)c(OC)c1. The highest BCUT2D eigenvalue weighted by atomic mass is 35.5. The molecule has 1 saturated heterocycles. The van der Waals surface area contributed by atoms with E-state index in [0.717, 1.165) is 42.2 Å². The van der Waals surface area contributed by atoms with Crippen molar-refractivity contribution in [2.75, 3.05) is 20.8 Å². The quantitative estimate of drug-likeness (QED) is 0.560. The molecule has 2 heterocycles. The Morgan fingerprint density at radius 2 is 2.07 bits per heavy atom. The van der Waals surface area contributed by atoms with Crippen LogP contribution in [-0.2, 0) is 6.54 Å². The van der Waals surface area contributed by atoms with Gasteiger partial charge in [0.15, 0.2) is 5.76 Å². The van der Waals surface area contributed by atoms with Gasteiger partial charge in [0.25, 0.3) is 0 Å². The van der Waals surface area contributed by atoms with Gasteiger partial charge in [-0.2, -0.15) is 0 Å². The second-order valence-electron chi connectivity index (χ2n) is 6.86. The van der Waals surface area contributed by atoms with Gasteiger partial charge in [0.05, 0.1) is 27.0 Å². The maximum absolute atomic E-state index is 6.09. The summed E-state index contributed by atoms with van der Waals surface area (Å²) < 4.78 is 16.9. The van der Waals surface area contributed by atoms with Crippen LogP contribution < -0.4 is 9.47 Å². The zero-order valence-corrected chi connectivity index (χ0v) is 16.8. The largest absolute Gasteiger partial charge is 0.497 e. The van der Waals surface area contributed by atoms with Crippen LogP contribution in [0.1, 0.15) is 30.3 Å². The molecule has 0 unspecified atom stereocenters. The van der Waals surface area contributed by atoms with Gasteiger partial charge >= 0.3 is 0 Å². The number of rotatable bonds is 6. The van der Waals surface area contributed by atoms with Crippen LogP contribution in [0.15, 0.2) is 53.1 Å². The molecule has 3 aromatic rings. The van der Waals surface area contributed by atoms with Crippen molar-refractivity contribution in [3.05, 3.63) is 65.1 Å². The van der Waals surface area contributed by atoms with Crippen molar-refractivity contribution < 1.29 is 13.9 Å². The van der Waals surface area contributed by atoms with Gasteiger partial charge in [0, 0.05) is 28.3 Å². The number of benzene rings is 2. The van der Waals surface area contributed by atoms with E-state index < -0.39 is 0 Å². The lowest BCUT2D eigenvalue weighted by atomic mass is 10.0. The van der Waals surface area contributed by atoms with Gasteiger partial charge in [0.2, 0.25) is 5.89 Å².